The van der Waals surface area contributed by atoms with Crippen LogP contribution in [0.5, 0.6) is 0 Å². The van der Waals surface area contributed by atoms with Crippen LogP contribution in [0, 0.1) is 5.92 Å². The Morgan fingerprint density at radius 1 is 1.27 bits per heavy atom. The number of unbranched alkanes of at least 4 members (excludes halogenated alkanes) is 1. The van der Waals surface area contributed by atoms with Gasteiger partial charge in [-0.3, -0.25) is 0 Å². The molecule has 0 saturated heterocycles. The van der Waals surface area contributed by atoms with E-state index in [-0.39, 0.29) is 0 Å². The van der Waals surface area contributed by atoms with Crippen LogP contribution >= 0.6 is 11.6 Å². The van der Waals surface area contributed by atoms with E-state index >= 15 is 0 Å². The third-order valence-corrected chi connectivity index (χ3v) is 2.78. The lowest BCUT2D eigenvalue weighted by Crippen LogP contribution is -2.26. The fraction of sp³-hybridized carbons (Fsp3) is 1.00. The van der Waals surface area contributed by atoms with Gasteiger partial charge in [-0.05, 0) is 18.9 Å². The predicted octanol–water partition coefficient (Wildman–Crippen LogP) is 3.05. The molecule has 0 aromatic carbocycles. The second-order valence-corrected chi connectivity index (χ2v) is 4.30. The predicted molar refractivity (Wildman–Crippen MR) is 67.7 cm³/mol. The van der Waals surface area contributed by atoms with Crippen LogP contribution in [0.15, 0.2) is 0 Å². The van der Waals surface area contributed by atoms with Gasteiger partial charge in [-0.15, -0.1) is 11.6 Å². The van der Waals surface area contributed by atoms with Crippen LogP contribution in [0.2, 0.25) is 0 Å². The first-order chi connectivity index (χ1) is 7.35. The molecular weight excluding hydrogens is 210 g/mol. The second-order valence-electron chi connectivity index (χ2n) is 3.92. The van der Waals surface area contributed by atoms with Crippen LogP contribution in [0.4, 0.5) is 0 Å². The van der Waals surface area contributed by atoms with E-state index in [4.69, 9.17) is 16.3 Å². The monoisotopic (exact) mass is 235 g/mol. The number of rotatable bonds is 11. The quantitative estimate of drug-likeness (QED) is 0.439. The van der Waals surface area contributed by atoms with E-state index in [0.29, 0.717) is 12.5 Å². The fourth-order valence-electron chi connectivity index (χ4n) is 1.55. The summed E-state index contributed by atoms with van der Waals surface area (Å²) in [6.07, 6.45) is 5.27. The van der Waals surface area contributed by atoms with E-state index < -0.39 is 0 Å². The minimum absolute atomic E-state index is 0.591. The average molecular weight is 236 g/mol. The highest BCUT2D eigenvalue weighted by molar-refractivity contribution is 6.17. The van der Waals surface area contributed by atoms with Crippen LogP contribution in [0.3, 0.4) is 0 Å². The van der Waals surface area contributed by atoms with Crippen molar-refractivity contribution in [3.05, 3.63) is 0 Å². The van der Waals surface area contributed by atoms with Gasteiger partial charge in [0.15, 0.2) is 0 Å². The maximum atomic E-state index is 5.50. The lowest BCUT2D eigenvalue weighted by Gasteiger charge is -2.15. The topological polar surface area (TPSA) is 21.3 Å². The van der Waals surface area contributed by atoms with Gasteiger partial charge in [-0.1, -0.05) is 33.1 Å². The Bertz CT molecular complexity index is 122. The van der Waals surface area contributed by atoms with Gasteiger partial charge in [0, 0.05) is 12.4 Å². The van der Waals surface area contributed by atoms with Crippen LogP contribution < -0.4 is 5.32 Å². The Hall–Kier alpha value is 0.210. The van der Waals surface area contributed by atoms with Gasteiger partial charge in [0.05, 0.1) is 13.2 Å². The van der Waals surface area contributed by atoms with Gasteiger partial charge >= 0.3 is 0 Å². The van der Waals surface area contributed by atoms with Gasteiger partial charge < -0.3 is 10.1 Å². The van der Waals surface area contributed by atoms with Crippen molar-refractivity contribution in [1.82, 2.24) is 5.32 Å². The largest absolute Gasteiger partial charge is 0.379 e. The van der Waals surface area contributed by atoms with Crippen molar-refractivity contribution in [2.24, 2.45) is 5.92 Å². The van der Waals surface area contributed by atoms with E-state index in [1.807, 2.05) is 0 Å². The standard InChI is InChI=1S/C12H26ClNO/c1-3-5-6-12(4-2)11-14-8-10-15-9-7-13/h12,14H,3-11H2,1-2H3. The molecule has 3 heteroatoms. The molecule has 0 heterocycles. The normalized spacial score (nSPS) is 13.0. The van der Waals surface area contributed by atoms with Crippen LogP contribution in [0.1, 0.15) is 39.5 Å². The minimum atomic E-state index is 0.591. The Kier molecular flexibility index (Phi) is 12.5. The molecule has 0 aromatic rings. The smallest absolute Gasteiger partial charge is 0.0602 e. The molecule has 0 aliphatic carbocycles. The highest BCUT2D eigenvalue weighted by atomic mass is 35.5. The first-order valence-corrected chi connectivity index (χ1v) is 6.73. The minimum Gasteiger partial charge on any atom is -0.379 e. The summed E-state index contributed by atoms with van der Waals surface area (Å²) in [5.74, 6) is 1.42. The van der Waals surface area contributed by atoms with Crippen LogP contribution in [-0.4, -0.2) is 32.2 Å². The Labute approximate surface area is 99.7 Å². The molecule has 92 valence electrons. The molecule has 0 bridgehead atoms. The summed E-state index contributed by atoms with van der Waals surface area (Å²) in [5, 5.41) is 3.44. The number of hydrogen-bond donors (Lipinski definition) is 1. The van der Waals surface area contributed by atoms with Crippen molar-refractivity contribution in [3.8, 4) is 0 Å². The van der Waals surface area contributed by atoms with Gasteiger partial charge in [0.2, 0.25) is 0 Å². The molecule has 1 atom stereocenters. The lowest BCUT2D eigenvalue weighted by molar-refractivity contribution is 0.150. The van der Waals surface area contributed by atoms with Gasteiger partial charge in [-0.25, -0.2) is 0 Å². The fourth-order valence-corrected chi connectivity index (χ4v) is 1.66. The summed E-state index contributed by atoms with van der Waals surface area (Å²) in [5.41, 5.74) is 0. The lowest BCUT2D eigenvalue weighted by atomic mass is 9.99. The molecule has 0 saturated carbocycles. The first kappa shape index (κ1) is 15.2. The maximum absolute atomic E-state index is 5.50. The number of halogens is 1. The molecule has 0 spiro atoms. The van der Waals surface area contributed by atoms with Gasteiger partial charge in [0.1, 0.15) is 0 Å². The van der Waals surface area contributed by atoms with Gasteiger partial charge in [0.25, 0.3) is 0 Å². The van der Waals surface area contributed by atoms with E-state index in [0.717, 1.165) is 25.6 Å². The summed E-state index contributed by atoms with van der Waals surface area (Å²) in [6.45, 7) is 8.03. The Balaban J connectivity index is 3.22. The molecule has 0 aliphatic rings. The molecule has 1 unspecified atom stereocenters. The van der Waals surface area contributed by atoms with Crippen LogP contribution in [-0.2, 0) is 4.74 Å². The first-order valence-electron chi connectivity index (χ1n) is 6.19. The molecule has 0 aromatic heterocycles. The molecule has 0 fully saturated rings. The summed E-state index contributed by atoms with van der Waals surface area (Å²) in [6, 6.07) is 0. The van der Waals surface area contributed by atoms with Gasteiger partial charge in [-0.2, -0.15) is 0 Å². The van der Waals surface area contributed by atoms with Crippen molar-refractivity contribution >= 4 is 11.6 Å². The van der Waals surface area contributed by atoms with Crippen molar-refractivity contribution in [3.63, 3.8) is 0 Å². The van der Waals surface area contributed by atoms with E-state index in [2.05, 4.69) is 19.2 Å². The zero-order valence-corrected chi connectivity index (χ0v) is 11.0. The molecule has 2 nitrogen and oxygen atoms in total. The summed E-state index contributed by atoms with van der Waals surface area (Å²) in [7, 11) is 0. The summed E-state index contributed by atoms with van der Waals surface area (Å²) < 4.78 is 5.28. The van der Waals surface area contributed by atoms with E-state index in [1.54, 1.807) is 0 Å². The van der Waals surface area contributed by atoms with Crippen molar-refractivity contribution in [1.29, 1.82) is 0 Å². The molecule has 0 amide bonds. The Morgan fingerprint density at radius 3 is 2.67 bits per heavy atom. The third kappa shape index (κ3) is 10.5. The van der Waals surface area contributed by atoms with E-state index in [9.17, 15) is 0 Å². The number of ether oxygens (including phenoxy) is 1. The number of hydrogen-bond acceptors (Lipinski definition) is 2. The molecule has 0 radical (unpaired) electrons. The SMILES string of the molecule is CCCCC(CC)CNCCOCCCl. The number of nitrogens with one attached hydrogen (secondary N) is 1. The summed E-state index contributed by atoms with van der Waals surface area (Å²) >= 11 is 5.50. The molecular formula is C12H26ClNO. The maximum Gasteiger partial charge on any atom is 0.0602 e. The Morgan fingerprint density at radius 2 is 2.07 bits per heavy atom. The molecule has 0 rings (SSSR count). The van der Waals surface area contributed by atoms with Crippen molar-refractivity contribution in [2.75, 3.05) is 32.2 Å². The van der Waals surface area contributed by atoms with Crippen LogP contribution in [0.25, 0.3) is 0 Å². The van der Waals surface area contributed by atoms with Crippen molar-refractivity contribution in [2.45, 2.75) is 39.5 Å². The highest BCUT2D eigenvalue weighted by Gasteiger charge is 2.04. The molecule has 15 heavy (non-hydrogen) atoms. The molecule has 0 aliphatic heterocycles. The highest BCUT2D eigenvalue weighted by Crippen LogP contribution is 2.10. The van der Waals surface area contributed by atoms with E-state index in [1.165, 1.54) is 25.7 Å². The average Bonchev–Trinajstić information content (AvgIpc) is 2.27. The zero-order valence-electron chi connectivity index (χ0n) is 10.2. The van der Waals surface area contributed by atoms with Crippen molar-refractivity contribution < 1.29 is 4.74 Å². The number of alkyl halides is 1. The summed E-state index contributed by atoms with van der Waals surface area (Å²) in [4.78, 5) is 0. The molecule has 1 N–H and O–H groups in total. The third-order valence-electron chi connectivity index (χ3n) is 2.62. The zero-order chi connectivity index (χ0) is 11.4. The second kappa shape index (κ2) is 12.3.